The van der Waals surface area contributed by atoms with Crippen LogP contribution in [0.4, 0.5) is 5.69 Å². The molecule has 4 rings (SSSR count). The van der Waals surface area contributed by atoms with Gasteiger partial charge in [-0.2, -0.15) is 5.10 Å². The van der Waals surface area contributed by atoms with E-state index < -0.39 is 0 Å². The average molecular weight is 285 g/mol. The molecule has 2 aromatic rings. The molecule has 2 fully saturated rings. The van der Waals surface area contributed by atoms with E-state index in [2.05, 4.69) is 20.7 Å². The van der Waals surface area contributed by atoms with Gasteiger partial charge in [-0.15, -0.1) is 0 Å². The topological polar surface area (TPSA) is 71.8 Å². The number of carbonyl (C=O) groups is 1. The summed E-state index contributed by atoms with van der Waals surface area (Å²) in [5.41, 5.74) is 2.52. The Morgan fingerprint density at radius 3 is 3.05 bits per heavy atom. The van der Waals surface area contributed by atoms with Crippen LogP contribution in [0.5, 0.6) is 0 Å². The van der Waals surface area contributed by atoms with Crippen molar-refractivity contribution in [2.75, 3.05) is 5.32 Å². The van der Waals surface area contributed by atoms with Crippen molar-refractivity contribution in [2.45, 2.75) is 38.3 Å². The Kier molecular flexibility index (Phi) is 2.75. The highest BCUT2D eigenvalue weighted by molar-refractivity contribution is 5.95. The van der Waals surface area contributed by atoms with Crippen molar-refractivity contribution in [3.05, 3.63) is 18.0 Å². The van der Waals surface area contributed by atoms with Crippen molar-refractivity contribution in [3.8, 4) is 0 Å². The van der Waals surface area contributed by atoms with Gasteiger partial charge in [0, 0.05) is 24.5 Å². The lowest BCUT2D eigenvalue weighted by molar-refractivity contribution is -0.120. The predicted octanol–water partition coefficient (Wildman–Crippen LogP) is 1.36. The molecule has 3 unspecified atom stereocenters. The van der Waals surface area contributed by atoms with Gasteiger partial charge in [0.15, 0.2) is 5.65 Å². The predicted molar refractivity (Wildman–Crippen MR) is 79.9 cm³/mol. The summed E-state index contributed by atoms with van der Waals surface area (Å²) in [6, 6.07) is 2.85. The Bertz CT molecular complexity index is 722. The fourth-order valence-electron chi connectivity index (χ4n) is 3.73. The summed E-state index contributed by atoms with van der Waals surface area (Å²) in [6.45, 7) is 1.95. The zero-order chi connectivity index (χ0) is 14.6. The molecule has 1 amide bonds. The molecule has 2 bridgehead atoms. The number of aryl methyl sites for hydroxylation is 2. The molecule has 2 saturated heterocycles. The molecular weight excluding hydrogens is 266 g/mol. The van der Waals surface area contributed by atoms with E-state index in [9.17, 15) is 4.79 Å². The van der Waals surface area contributed by atoms with E-state index in [0.717, 1.165) is 35.3 Å². The second-order valence-electron chi connectivity index (χ2n) is 6.18. The van der Waals surface area contributed by atoms with Crippen LogP contribution in [-0.2, 0) is 11.8 Å². The summed E-state index contributed by atoms with van der Waals surface area (Å²) < 4.78 is 1.76. The standard InChI is InChI=1S/C15H19N5O/c1-8-11-6-10(7-16-14(11)20(2)19-8)18-15(21)12-5-9-3-4-13(12)17-9/h6-7,9,12-13,17H,3-5H2,1-2H3,(H,18,21). The number of nitrogens with zero attached hydrogens (tertiary/aromatic N) is 3. The maximum atomic E-state index is 12.4. The Morgan fingerprint density at radius 1 is 1.48 bits per heavy atom. The first kappa shape index (κ1) is 12.8. The lowest BCUT2D eigenvalue weighted by Gasteiger charge is -2.19. The number of rotatable bonds is 2. The summed E-state index contributed by atoms with van der Waals surface area (Å²) in [7, 11) is 1.88. The molecule has 110 valence electrons. The molecular formula is C15H19N5O. The number of hydrogen-bond donors (Lipinski definition) is 2. The van der Waals surface area contributed by atoms with Crippen LogP contribution in [0.25, 0.3) is 11.0 Å². The van der Waals surface area contributed by atoms with E-state index in [1.807, 2.05) is 20.0 Å². The van der Waals surface area contributed by atoms with E-state index in [4.69, 9.17) is 0 Å². The SMILES string of the molecule is Cc1nn(C)c2ncc(NC(=O)C3CC4CCC3N4)cc12. The Hall–Kier alpha value is -1.95. The number of carbonyl (C=O) groups excluding carboxylic acids is 1. The summed E-state index contributed by atoms with van der Waals surface area (Å²) in [6.07, 6.45) is 4.98. The van der Waals surface area contributed by atoms with Crippen LogP contribution in [0, 0.1) is 12.8 Å². The van der Waals surface area contributed by atoms with Gasteiger partial charge in [0.25, 0.3) is 0 Å². The third-order valence-electron chi connectivity index (χ3n) is 4.77. The van der Waals surface area contributed by atoms with Crippen molar-refractivity contribution >= 4 is 22.6 Å². The monoisotopic (exact) mass is 285 g/mol. The Balaban J connectivity index is 1.57. The summed E-state index contributed by atoms with van der Waals surface area (Å²) >= 11 is 0. The van der Waals surface area contributed by atoms with E-state index in [0.29, 0.717) is 12.1 Å². The molecule has 6 heteroatoms. The van der Waals surface area contributed by atoms with Crippen LogP contribution in [0.2, 0.25) is 0 Å². The highest BCUT2D eigenvalue weighted by atomic mass is 16.2. The molecule has 2 aliphatic heterocycles. The zero-order valence-corrected chi connectivity index (χ0v) is 12.3. The maximum absolute atomic E-state index is 12.4. The number of nitrogens with one attached hydrogen (secondary N) is 2. The molecule has 0 radical (unpaired) electrons. The normalized spacial score (nSPS) is 27.4. The second kappa shape index (κ2) is 4.53. The number of pyridine rings is 1. The fourth-order valence-corrected chi connectivity index (χ4v) is 3.73. The Morgan fingerprint density at radius 2 is 2.33 bits per heavy atom. The van der Waals surface area contributed by atoms with Crippen molar-refractivity contribution in [3.63, 3.8) is 0 Å². The minimum atomic E-state index is 0.0921. The van der Waals surface area contributed by atoms with Crippen molar-refractivity contribution in [1.82, 2.24) is 20.1 Å². The lowest BCUT2D eigenvalue weighted by Crippen LogP contribution is -2.32. The first-order valence-electron chi connectivity index (χ1n) is 7.48. The van der Waals surface area contributed by atoms with Crippen LogP contribution in [-0.4, -0.2) is 32.8 Å². The van der Waals surface area contributed by atoms with Gasteiger partial charge >= 0.3 is 0 Å². The van der Waals surface area contributed by atoms with Gasteiger partial charge in [0.2, 0.25) is 5.91 Å². The molecule has 2 aliphatic rings. The van der Waals surface area contributed by atoms with Gasteiger partial charge in [-0.3, -0.25) is 9.48 Å². The van der Waals surface area contributed by atoms with E-state index in [1.165, 1.54) is 6.42 Å². The van der Waals surface area contributed by atoms with Crippen LogP contribution >= 0.6 is 0 Å². The molecule has 2 aromatic heterocycles. The summed E-state index contributed by atoms with van der Waals surface area (Å²) in [4.78, 5) is 16.8. The number of anilines is 1. The Labute approximate surface area is 122 Å². The van der Waals surface area contributed by atoms with Crippen molar-refractivity contribution < 1.29 is 4.79 Å². The number of fused-ring (bicyclic) bond motifs is 3. The first-order chi connectivity index (χ1) is 10.1. The maximum Gasteiger partial charge on any atom is 0.229 e. The van der Waals surface area contributed by atoms with E-state index in [-0.39, 0.29) is 11.8 Å². The van der Waals surface area contributed by atoms with E-state index >= 15 is 0 Å². The van der Waals surface area contributed by atoms with Gasteiger partial charge in [-0.1, -0.05) is 0 Å². The molecule has 21 heavy (non-hydrogen) atoms. The molecule has 0 aliphatic carbocycles. The fraction of sp³-hybridized carbons (Fsp3) is 0.533. The average Bonchev–Trinajstić information content (AvgIpc) is 3.15. The third-order valence-corrected chi connectivity index (χ3v) is 4.77. The van der Waals surface area contributed by atoms with Crippen molar-refractivity contribution in [2.24, 2.45) is 13.0 Å². The minimum absolute atomic E-state index is 0.0921. The van der Waals surface area contributed by atoms with E-state index in [1.54, 1.807) is 10.9 Å². The van der Waals surface area contributed by atoms with Crippen LogP contribution in [0.15, 0.2) is 12.3 Å². The highest BCUT2D eigenvalue weighted by Gasteiger charge is 2.42. The molecule has 3 atom stereocenters. The van der Waals surface area contributed by atoms with Gasteiger partial charge in [0.05, 0.1) is 23.5 Å². The zero-order valence-electron chi connectivity index (χ0n) is 12.3. The van der Waals surface area contributed by atoms with Gasteiger partial charge in [0.1, 0.15) is 0 Å². The molecule has 0 aromatic carbocycles. The molecule has 0 saturated carbocycles. The molecule has 4 heterocycles. The summed E-state index contributed by atoms with van der Waals surface area (Å²) in [5, 5.41) is 11.9. The van der Waals surface area contributed by atoms with Crippen molar-refractivity contribution in [1.29, 1.82) is 0 Å². The largest absolute Gasteiger partial charge is 0.324 e. The first-order valence-corrected chi connectivity index (χ1v) is 7.48. The van der Waals surface area contributed by atoms with Crippen LogP contribution in [0.3, 0.4) is 0 Å². The molecule has 0 spiro atoms. The lowest BCUT2D eigenvalue weighted by atomic mass is 9.88. The minimum Gasteiger partial charge on any atom is -0.324 e. The summed E-state index contributed by atoms with van der Waals surface area (Å²) in [5.74, 6) is 0.201. The van der Waals surface area contributed by atoms with Gasteiger partial charge in [-0.05, 0) is 32.3 Å². The smallest absolute Gasteiger partial charge is 0.229 e. The number of amides is 1. The van der Waals surface area contributed by atoms with Crippen LogP contribution < -0.4 is 10.6 Å². The van der Waals surface area contributed by atoms with Gasteiger partial charge < -0.3 is 10.6 Å². The van der Waals surface area contributed by atoms with Crippen LogP contribution in [0.1, 0.15) is 25.0 Å². The number of aromatic nitrogens is 3. The molecule has 6 nitrogen and oxygen atoms in total. The third kappa shape index (κ3) is 2.01. The number of hydrogen-bond acceptors (Lipinski definition) is 4. The highest BCUT2D eigenvalue weighted by Crippen LogP contribution is 2.34. The second-order valence-corrected chi connectivity index (χ2v) is 6.18. The molecule has 2 N–H and O–H groups in total. The van der Waals surface area contributed by atoms with Gasteiger partial charge in [-0.25, -0.2) is 4.98 Å². The quantitative estimate of drug-likeness (QED) is 0.874.